The Morgan fingerprint density at radius 2 is 1.96 bits per heavy atom. The van der Waals surface area contributed by atoms with Crippen LogP contribution in [0.25, 0.3) is 11.4 Å². The number of hydrogen-bond acceptors (Lipinski definition) is 4. The van der Waals surface area contributed by atoms with E-state index in [1.807, 2.05) is 30.3 Å². The van der Waals surface area contributed by atoms with Crippen molar-refractivity contribution in [2.24, 2.45) is 0 Å². The molecule has 1 amide bonds. The predicted molar refractivity (Wildman–Crippen MR) is 87.1 cm³/mol. The van der Waals surface area contributed by atoms with Crippen LogP contribution >= 0.6 is 11.6 Å². The van der Waals surface area contributed by atoms with Crippen molar-refractivity contribution >= 4 is 17.5 Å². The van der Waals surface area contributed by atoms with E-state index in [-0.39, 0.29) is 5.91 Å². The zero-order valence-corrected chi connectivity index (χ0v) is 13.1. The summed E-state index contributed by atoms with van der Waals surface area (Å²) in [5.74, 6) is 0.586. The Kier molecular flexibility index (Phi) is 4.39. The van der Waals surface area contributed by atoms with Crippen molar-refractivity contribution in [3.63, 3.8) is 0 Å². The third kappa shape index (κ3) is 3.57. The SMILES string of the molecule is CC(NC(=O)c1cccc(Cl)c1)c1nc(-c2ccccc2)no1. The van der Waals surface area contributed by atoms with Crippen molar-refractivity contribution in [1.82, 2.24) is 15.5 Å². The summed E-state index contributed by atoms with van der Waals surface area (Å²) in [5.41, 5.74) is 1.34. The lowest BCUT2D eigenvalue weighted by Crippen LogP contribution is -2.26. The first-order valence-corrected chi connectivity index (χ1v) is 7.47. The topological polar surface area (TPSA) is 68.0 Å². The number of amides is 1. The van der Waals surface area contributed by atoms with Gasteiger partial charge in [0.05, 0.1) is 0 Å². The van der Waals surface area contributed by atoms with Crippen molar-refractivity contribution in [2.45, 2.75) is 13.0 Å². The van der Waals surface area contributed by atoms with Crippen LogP contribution in [0.2, 0.25) is 5.02 Å². The zero-order chi connectivity index (χ0) is 16.2. The number of aromatic nitrogens is 2. The van der Waals surface area contributed by atoms with Gasteiger partial charge in [-0.05, 0) is 25.1 Å². The Labute approximate surface area is 138 Å². The summed E-state index contributed by atoms with van der Waals surface area (Å²) in [6.45, 7) is 1.78. The molecule has 0 aliphatic carbocycles. The maximum atomic E-state index is 12.2. The molecule has 0 saturated heterocycles. The Morgan fingerprint density at radius 3 is 2.70 bits per heavy atom. The number of halogens is 1. The minimum absolute atomic E-state index is 0.250. The molecule has 0 saturated carbocycles. The molecule has 0 bridgehead atoms. The molecule has 1 atom stereocenters. The highest BCUT2D eigenvalue weighted by Crippen LogP contribution is 2.19. The van der Waals surface area contributed by atoms with Gasteiger partial charge >= 0.3 is 0 Å². The normalized spacial score (nSPS) is 11.9. The largest absolute Gasteiger partial charge is 0.341 e. The highest BCUT2D eigenvalue weighted by Gasteiger charge is 2.18. The van der Waals surface area contributed by atoms with E-state index in [4.69, 9.17) is 16.1 Å². The van der Waals surface area contributed by atoms with Gasteiger partial charge in [0.15, 0.2) is 0 Å². The van der Waals surface area contributed by atoms with Gasteiger partial charge in [0, 0.05) is 16.1 Å². The van der Waals surface area contributed by atoms with Crippen molar-refractivity contribution in [1.29, 1.82) is 0 Å². The average molecular weight is 328 g/mol. The quantitative estimate of drug-likeness (QED) is 0.789. The molecule has 5 nitrogen and oxygen atoms in total. The fraction of sp³-hybridized carbons (Fsp3) is 0.118. The first-order chi connectivity index (χ1) is 11.1. The molecular formula is C17H14ClN3O2. The van der Waals surface area contributed by atoms with Crippen LogP contribution in [0.5, 0.6) is 0 Å². The molecule has 23 heavy (non-hydrogen) atoms. The average Bonchev–Trinajstić information content (AvgIpc) is 3.06. The minimum atomic E-state index is -0.411. The van der Waals surface area contributed by atoms with Gasteiger partial charge in [-0.2, -0.15) is 4.98 Å². The number of benzene rings is 2. The number of nitrogens with zero attached hydrogens (tertiary/aromatic N) is 2. The van der Waals surface area contributed by atoms with Gasteiger partial charge in [0.1, 0.15) is 6.04 Å². The molecule has 1 aromatic heterocycles. The predicted octanol–water partition coefficient (Wildman–Crippen LogP) is 3.88. The molecule has 0 spiro atoms. The van der Waals surface area contributed by atoms with Crippen LogP contribution in [0, 0.1) is 0 Å². The molecule has 0 aliphatic heterocycles. The second kappa shape index (κ2) is 6.62. The summed E-state index contributed by atoms with van der Waals surface area (Å²) >= 11 is 5.89. The van der Waals surface area contributed by atoms with Crippen LogP contribution in [0.3, 0.4) is 0 Å². The minimum Gasteiger partial charge on any atom is -0.341 e. The molecule has 0 fully saturated rings. The van der Waals surface area contributed by atoms with Crippen LogP contribution in [-0.4, -0.2) is 16.0 Å². The number of nitrogens with one attached hydrogen (secondary N) is 1. The third-order valence-electron chi connectivity index (χ3n) is 3.28. The van der Waals surface area contributed by atoms with E-state index in [0.29, 0.717) is 22.3 Å². The molecule has 3 rings (SSSR count). The Hall–Kier alpha value is -2.66. The molecule has 0 radical (unpaired) electrons. The van der Waals surface area contributed by atoms with Gasteiger partial charge in [-0.25, -0.2) is 0 Å². The third-order valence-corrected chi connectivity index (χ3v) is 3.51. The first-order valence-electron chi connectivity index (χ1n) is 7.09. The summed E-state index contributed by atoms with van der Waals surface area (Å²) in [6, 6.07) is 15.8. The number of carbonyl (C=O) groups is 1. The van der Waals surface area contributed by atoms with E-state index < -0.39 is 6.04 Å². The second-order valence-corrected chi connectivity index (χ2v) is 5.46. The van der Waals surface area contributed by atoms with Crippen molar-refractivity contribution in [3.8, 4) is 11.4 Å². The molecule has 1 unspecified atom stereocenters. The number of carbonyl (C=O) groups excluding carboxylic acids is 1. The van der Waals surface area contributed by atoms with Crippen molar-refractivity contribution in [3.05, 3.63) is 71.1 Å². The number of rotatable bonds is 4. The van der Waals surface area contributed by atoms with Gasteiger partial charge in [0.2, 0.25) is 11.7 Å². The molecule has 1 N–H and O–H groups in total. The standard InChI is InChI=1S/C17H14ClN3O2/c1-11(19-16(22)13-8-5-9-14(18)10-13)17-20-15(21-23-17)12-6-3-2-4-7-12/h2-11H,1H3,(H,19,22). The van der Waals surface area contributed by atoms with E-state index in [1.54, 1.807) is 31.2 Å². The van der Waals surface area contributed by atoms with Crippen LogP contribution < -0.4 is 5.32 Å². The second-order valence-electron chi connectivity index (χ2n) is 5.03. The van der Waals surface area contributed by atoms with Crippen molar-refractivity contribution in [2.75, 3.05) is 0 Å². The highest BCUT2D eigenvalue weighted by atomic mass is 35.5. The summed E-state index contributed by atoms with van der Waals surface area (Å²) in [4.78, 5) is 16.5. The van der Waals surface area contributed by atoms with Gasteiger partial charge in [0.25, 0.3) is 5.91 Å². The molecule has 6 heteroatoms. The molecular weight excluding hydrogens is 314 g/mol. The van der Waals surface area contributed by atoms with E-state index in [0.717, 1.165) is 5.56 Å². The van der Waals surface area contributed by atoms with Gasteiger partial charge in [-0.1, -0.05) is 53.2 Å². The van der Waals surface area contributed by atoms with Gasteiger partial charge < -0.3 is 9.84 Å². The lowest BCUT2D eigenvalue weighted by Gasteiger charge is -2.09. The molecule has 116 valence electrons. The maximum Gasteiger partial charge on any atom is 0.251 e. The van der Waals surface area contributed by atoms with E-state index in [9.17, 15) is 4.79 Å². The summed E-state index contributed by atoms with van der Waals surface area (Å²) in [7, 11) is 0. The number of hydrogen-bond donors (Lipinski definition) is 1. The summed E-state index contributed by atoms with van der Waals surface area (Å²) in [5, 5.41) is 7.26. The van der Waals surface area contributed by atoms with Gasteiger partial charge in [-0.15, -0.1) is 0 Å². The van der Waals surface area contributed by atoms with E-state index >= 15 is 0 Å². The lowest BCUT2D eigenvalue weighted by atomic mass is 10.2. The van der Waals surface area contributed by atoms with E-state index in [2.05, 4.69) is 15.5 Å². The van der Waals surface area contributed by atoms with Crippen LogP contribution in [0.1, 0.15) is 29.2 Å². The fourth-order valence-corrected chi connectivity index (χ4v) is 2.28. The zero-order valence-electron chi connectivity index (χ0n) is 12.4. The molecule has 2 aromatic carbocycles. The Balaban J connectivity index is 1.73. The monoisotopic (exact) mass is 327 g/mol. The van der Waals surface area contributed by atoms with E-state index in [1.165, 1.54) is 0 Å². The van der Waals surface area contributed by atoms with Crippen molar-refractivity contribution < 1.29 is 9.32 Å². The van der Waals surface area contributed by atoms with Crippen LogP contribution in [0.15, 0.2) is 59.1 Å². The summed E-state index contributed by atoms with van der Waals surface area (Å²) in [6.07, 6.45) is 0. The lowest BCUT2D eigenvalue weighted by molar-refractivity contribution is 0.0932. The molecule has 3 aromatic rings. The van der Waals surface area contributed by atoms with Gasteiger partial charge in [-0.3, -0.25) is 4.79 Å². The smallest absolute Gasteiger partial charge is 0.251 e. The Morgan fingerprint density at radius 1 is 1.17 bits per heavy atom. The van der Waals surface area contributed by atoms with Crippen LogP contribution in [0.4, 0.5) is 0 Å². The summed E-state index contributed by atoms with van der Waals surface area (Å²) < 4.78 is 5.24. The Bertz CT molecular complexity index is 817. The maximum absolute atomic E-state index is 12.2. The first kappa shape index (κ1) is 15.2. The molecule has 0 aliphatic rings. The fourth-order valence-electron chi connectivity index (χ4n) is 2.09. The highest BCUT2D eigenvalue weighted by molar-refractivity contribution is 6.30. The molecule has 1 heterocycles. The van der Waals surface area contributed by atoms with Crippen LogP contribution in [-0.2, 0) is 0 Å².